The average Bonchev–Trinajstić information content (AvgIpc) is 2.60. The van der Waals surface area contributed by atoms with Crippen molar-refractivity contribution < 1.29 is 14.3 Å². The van der Waals surface area contributed by atoms with Gasteiger partial charge in [-0.1, -0.05) is 19.9 Å². The molecule has 1 atom stereocenters. The summed E-state index contributed by atoms with van der Waals surface area (Å²) in [5.74, 6) is 0.890. The highest BCUT2D eigenvalue weighted by Gasteiger charge is 2.31. The van der Waals surface area contributed by atoms with Crippen molar-refractivity contribution in [3.63, 3.8) is 0 Å². The maximum Gasteiger partial charge on any atom is 0.410 e. The van der Waals surface area contributed by atoms with E-state index in [2.05, 4.69) is 31.3 Å². The van der Waals surface area contributed by atoms with Gasteiger partial charge in [-0.25, -0.2) is 4.79 Å². The molecule has 0 fully saturated rings. The second-order valence-corrected chi connectivity index (χ2v) is 6.11. The summed E-state index contributed by atoms with van der Waals surface area (Å²) in [4.78, 5) is 14.1. The molecule has 0 aliphatic carbocycles. The van der Waals surface area contributed by atoms with Gasteiger partial charge in [0.25, 0.3) is 0 Å². The second-order valence-electron chi connectivity index (χ2n) is 6.11. The van der Waals surface area contributed by atoms with Gasteiger partial charge in [0.05, 0.1) is 19.8 Å². The van der Waals surface area contributed by atoms with E-state index in [0.29, 0.717) is 13.2 Å². The summed E-state index contributed by atoms with van der Waals surface area (Å²) >= 11 is 0. The second kappa shape index (κ2) is 8.92. The van der Waals surface area contributed by atoms with Gasteiger partial charge in [0.2, 0.25) is 0 Å². The molecule has 1 amide bonds. The van der Waals surface area contributed by atoms with Gasteiger partial charge < -0.3 is 19.7 Å². The van der Waals surface area contributed by atoms with Crippen LogP contribution in [0, 0.1) is 0 Å². The fourth-order valence-electron chi connectivity index (χ4n) is 3.38. The van der Waals surface area contributed by atoms with Gasteiger partial charge in [-0.2, -0.15) is 0 Å². The first-order chi connectivity index (χ1) is 11.7. The molecule has 5 nitrogen and oxygen atoms in total. The van der Waals surface area contributed by atoms with Crippen LogP contribution < -0.4 is 10.1 Å². The Bertz CT molecular complexity index is 560. The van der Waals surface area contributed by atoms with Gasteiger partial charge >= 0.3 is 6.09 Å². The molecular weight excluding hydrogens is 304 g/mol. The van der Waals surface area contributed by atoms with Gasteiger partial charge in [0, 0.05) is 18.7 Å². The van der Waals surface area contributed by atoms with Crippen molar-refractivity contribution in [2.45, 2.75) is 52.6 Å². The molecule has 134 valence electrons. The van der Waals surface area contributed by atoms with Crippen LogP contribution in [-0.2, 0) is 17.7 Å². The predicted octanol–water partition coefficient (Wildman–Crippen LogP) is 3.66. The smallest absolute Gasteiger partial charge is 0.410 e. The van der Waals surface area contributed by atoms with E-state index < -0.39 is 0 Å². The number of nitrogens with zero attached hydrogens (tertiary/aromatic N) is 1. The van der Waals surface area contributed by atoms with E-state index in [1.54, 1.807) is 7.11 Å². The summed E-state index contributed by atoms with van der Waals surface area (Å²) in [7, 11) is 1.71. The van der Waals surface area contributed by atoms with Crippen LogP contribution in [0.15, 0.2) is 12.1 Å². The number of nitrogens with one attached hydrogen (secondary N) is 1. The van der Waals surface area contributed by atoms with Gasteiger partial charge in [-0.05, 0) is 49.9 Å². The normalized spacial score (nSPS) is 16.7. The summed E-state index contributed by atoms with van der Waals surface area (Å²) in [5.41, 5.74) is 3.69. The highest BCUT2D eigenvalue weighted by molar-refractivity contribution is 5.69. The van der Waals surface area contributed by atoms with Crippen molar-refractivity contribution in [2.24, 2.45) is 0 Å². The zero-order valence-corrected chi connectivity index (χ0v) is 15.4. The Morgan fingerprint density at radius 1 is 1.33 bits per heavy atom. The number of rotatable bonds is 7. The lowest BCUT2D eigenvalue weighted by Gasteiger charge is -2.36. The fraction of sp³-hybridized carbons (Fsp3) is 0.632. The Morgan fingerprint density at radius 3 is 2.75 bits per heavy atom. The molecule has 2 rings (SSSR count). The number of fused-ring (bicyclic) bond motifs is 1. The molecule has 0 saturated heterocycles. The van der Waals surface area contributed by atoms with Gasteiger partial charge in [-0.15, -0.1) is 0 Å². The molecule has 0 aromatic heterocycles. The molecular formula is C19H30N2O3. The number of hydrogen-bond acceptors (Lipinski definition) is 4. The highest BCUT2D eigenvalue weighted by Crippen LogP contribution is 2.36. The topological polar surface area (TPSA) is 50.8 Å². The molecule has 0 spiro atoms. The van der Waals surface area contributed by atoms with Crippen LogP contribution in [0.5, 0.6) is 5.75 Å². The first-order valence-electron chi connectivity index (χ1n) is 8.99. The lowest BCUT2D eigenvalue weighted by atomic mass is 9.89. The van der Waals surface area contributed by atoms with E-state index in [1.807, 2.05) is 11.8 Å². The van der Waals surface area contributed by atoms with Crippen LogP contribution in [0.4, 0.5) is 4.79 Å². The maximum absolute atomic E-state index is 12.2. The van der Waals surface area contributed by atoms with E-state index in [1.165, 1.54) is 16.7 Å². The van der Waals surface area contributed by atoms with Gasteiger partial charge in [0.15, 0.2) is 0 Å². The minimum Gasteiger partial charge on any atom is -0.496 e. The molecule has 1 aliphatic heterocycles. The number of benzene rings is 1. The standard InChI is InChI=1S/C19H30N2O3/c1-5-9-20-13-15-11-14-8-10-21(19(22)24-7-3)17(6-2)16(14)12-18(15)23-4/h11-12,17,20H,5-10,13H2,1-4H3. The number of ether oxygens (including phenoxy) is 2. The maximum atomic E-state index is 12.2. The molecule has 1 aliphatic rings. The molecule has 1 unspecified atom stereocenters. The molecule has 0 saturated carbocycles. The quantitative estimate of drug-likeness (QED) is 0.773. The van der Waals surface area contributed by atoms with Crippen molar-refractivity contribution in [1.29, 1.82) is 0 Å². The van der Waals surface area contributed by atoms with E-state index in [0.717, 1.165) is 38.1 Å². The SMILES string of the molecule is CCCNCc1cc2c(cc1OC)C(CC)N(C(=O)OCC)CC2. The first kappa shape index (κ1) is 18.6. The van der Waals surface area contributed by atoms with Gasteiger partial charge in [0.1, 0.15) is 5.75 Å². The first-order valence-corrected chi connectivity index (χ1v) is 8.99. The molecule has 1 heterocycles. The number of amides is 1. The molecule has 0 bridgehead atoms. The van der Waals surface area contributed by atoms with Crippen molar-refractivity contribution in [3.8, 4) is 5.75 Å². The third-order valence-corrected chi connectivity index (χ3v) is 4.53. The van der Waals surface area contributed by atoms with E-state index in [-0.39, 0.29) is 12.1 Å². The van der Waals surface area contributed by atoms with Crippen LogP contribution in [0.25, 0.3) is 0 Å². The van der Waals surface area contributed by atoms with Crippen LogP contribution in [0.3, 0.4) is 0 Å². The lowest BCUT2D eigenvalue weighted by molar-refractivity contribution is 0.0854. The summed E-state index contributed by atoms with van der Waals surface area (Å²) in [5, 5.41) is 3.44. The number of methoxy groups -OCH3 is 1. The summed E-state index contributed by atoms with van der Waals surface area (Å²) in [6.45, 7) is 9.02. The molecule has 5 heteroatoms. The Balaban J connectivity index is 2.29. The number of carbonyl (C=O) groups excluding carboxylic acids is 1. The van der Waals surface area contributed by atoms with E-state index >= 15 is 0 Å². The largest absolute Gasteiger partial charge is 0.496 e. The average molecular weight is 334 g/mol. The zero-order valence-electron chi connectivity index (χ0n) is 15.4. The Labute approximate surface area is 145 Å². The fourth-order valence-corrected chi connectivity index (χ4v) is 3.38. The summed E-state index contributed by atoms with van der Waals surface area (Å²) in [6, 6.07) is 4.40. The predicted molar refractivity (Wildman–Crippen MR) is 95.5 cm³/mol. The zero-order chi connectivity index (χ0) is 17.5. The molecule has 1 aromatic rings. The van der Waals surface area contributed by atoms with Crippen molar-refractivity contribution in [2.75, 3.05) is 26.8 Å². The van der Waals surface area contributed by atoms with Crippen molar-refractivity contribution >= 4 is 6.09 Å². The summed E-state index contributed by atoms with van der Waals surface area (Å²) in [6.07, 6.45) is 2.61. The van der Waals surface area contributed by atoms with Crippen molar-refractivity contribution in [3.05, 3.63) is 28.8 Å². The monoisotopic (exact) mass is 334 g/mol. The van der Waals surface area contributed by atoms with Crippen LogP contribution in [0.2, 0.25) is 0 Å². The molecule has 0 radical (unpaired) electrons. The minimum atomic E-state index is -0.220. The molecule has 24 heavy (non-hydrogen) atoms. The molecule has 1 aromatic carbocycles. The van der Waals surface area contributed by atoms with Crippen LogP contribution in [-0.4, -0.2) is 37.8 Å². The Kier molecular flexibility index (Phi) is 6.91. The Hall–Kier alpha value is -1.75. The highest BCUT2D eigenvalue weighted by atomic mass is 16.6. The summed E-state index contributed by atoms with van der Waals surface area (Å²) < 4.78 is 10.8. The van der Waals surface area contributed by atoms with E-state index in [9.17, 15) is 4.79 Å². The van der Waals surface area contributed by atoms with E-state index in [4.69, 9.17) is 9.47 Å². The minimum absolute atomic E-state index is 0.0550. The number of carbonyl (C=O) groups is 1. The van der Waals surface area contributed by atoms with Crippen molar-refractivity contribution in [1.82, 2.24) is 10.2 Å². The number of hydrogen-bond donors (Lipinski definition) is 1. The third-order valence-electron chi connectivity index (χ3n) is 4.53. The lowest BCUT2D eigenvalue weighted by Crippen LogP contribution is -2.40. The van der Waals surface area contributed by atoms with Gasteiger partial charge in [-0.3, -0.25) is 0 Å². The van der Waals surface area contributed by atoms with Crippen LogP contribution in [0.1, 0.15) is 56.3 Å². The third kappa shape index (κ3) is 4.01. The van der Waals surface area contributed by atoms with Crippen LogP contribution >= 0.6 is 0 Å². The molecule has 1 N–H and O–H groups in total. The Morgan fingerprint density at radius 2 is 2.12 bits per heavy atom.